The van der Waals surface area contributed by atoms with Gasteiger partial charge in [-0.15, -0.1) is 0 Å². The molecule has 2 rings (SSSR count). The molecule has 1 amide bonds. The lowest BCUT2D eigenvalue weighted by Crippen LogP contribution is -2.36. The summed E-state index contributed by atoms with van der Waals surface area (Å²) >= 11 is 12.0. The number of hydrogen-bond acceptors (Lipinski definition) is 3. The van der Waals surface area contributed by atoms with Crippen molar-refractivity contribution in [3.8, 4) is 0 Å². The fourth-order valence-electron chi connectivity index (χ4n) is 2.03. The quantitative estimate of drug-likeness (QED) is 0.897. The van der Waals surface area contributed by atoms with Crippen LogP contribution in [0.1, 0.15) is 24.5 Å². The van der Waals surface area contributed by atoms with Crippen molar-refractivity contribution < 1.29 is 14.6 Å². The summed E-state index contributed by atoms with van der Waals surface area (Å²) in [5, 5.41) is 13.5. The van der Waals surface area contributed by atoms with E-state index in [9.17, 15) is 9.90 Å². The minimum atomic E-state index is -0.938. The van der Waals surface area contributed by atoms with Crippen LogP contribution in [-0.4, -0.2) is 30.3 Å². The van der Waals surface area contributed by atoms with Gasteiger partial charge < -0.3 is 15.2 Å². The Labute approximate surface area is 121 Å². The summed E-state index contributed by atoms with van der Waals surface area (Å²) < 4.78 is 5.25. The Hall–Kier alpha value is -0.810. The molecule has 1 saturated heterocycles. The molecule has 104 valence electrons. The molecule has 4 nitrogen and oxygen atoms in total. The van der Waals surface area contributed by atoms with Crippen molar-refractivity contribution >= 4 is 29.1 Å². The van der Waals surface area contributed by atoms with E-state index in [2.05, 4.69) is 5.32 Å². The molecule has 1 fully saturated rings. The van der Waals surface area contributed by atoms with E-state index in [0.29, 0.717) is 22.2 Å². The van der Waals surface area contributed by atoms with Crippen LogP contribution in [0.3, 0.4) is 0 Å². The van der Waals surface area contributed by atoms with Gasteiger partial charge in [-0.2, -0.15) is 0 Å². The molecule has 2 N–H and O–H groups in total. The van der Waals surface area contributed by atoms with E-state index in [4.69, 9.17) is 27.9 Å². The van der Waals surface area contributed by atoms with Crippen LogP contribution in [0.5, 0.6) is 0 Å². The smallest absolute Gasteiger partial charge is 0.249 e. The molecular formula is C13H15Cl2NO3. The number of nitrogens with one attached hydrogen (secondary N) is 1. The molecule has 0 spiro atoms. The normalized spacial score (nSPS) is 20.3. The number of carbonyl (C=O) groups is 1. The number of carbonyl (C=O) groups excluding carboxylic acids is 1. The molecule has 1 aliphatic heterocycles. The molecule has 1 aromatic rings. The van der Waals surface area contributed by atoms with Crippen LogP contribution >= 0.6 is 23.2 Å². The second-order valence-corrected chi connectivity index (χ2v) is 5.21. The number of aliphatic hydroxyl groups excluding tert-OH is 1. The molecule has 0 aliphatic carbocycles. The number of rotatable bonds is 4. The van der Waals surface area contributed by atoms with E-state index in [1.165, 1.54) is 0 Å². The van der Waals surface area contributed by atoms with Gasteiger partial charge in [-0.1, -0.05) is 29.3 Å². The maximum Gasteiger partial charge on any atom is 0.249 e. The topological polar surface area (TPSA) is 58.6 Å². The van der Waals surface area contributed by atoms with Gasteiger partial charge in [-0.3, -0.25) is 4.79 Å². The number of ether oxygens (including phenoxy) is 1. The molecule has 0 bridgehead atoms. The van der Waals surface area contributed by atoms with Gasteiger partial charge in [0.05, 0.1) is 6.10 Å². The maximum atomic E-state index is 11.7. The van der Waals surface area contributed by atoms with Gasteiger partial charge >= 0.3 is 0 Å². The number of aliphatic hydroxyl groups is 1. The molecule has 0 saturated carbocycles. The molecule has 0 aromatic heterocycles. The Morgan fingerprint density at radius 2 is 2.16 bits per heavy atom. The first-order valence-corrected chi connectivity index (χ1v) is 6.86. The number of benzene rings is 1. The third kappa shape index (κ3) is 3.60. The van der Waals surface area contributed by atoms with Crippen molar-refractivity contribution in [2.75, 3.05) is 13.2 Å². The highest BCUT2D eigenvalue weighted by Gasteiger charge is 2.24. The predicted octanol–water partition coefficient (Wildman–Crippen LogP) is 2.32. The van der Waals surface area contributed by atoms with Gasteiger partial charge in [-0.05, 0) is 25.0 Å². The highest BCUT2D eigenvalue weighted by Crippen LogP contribution is 2.29. The molecule has 1 heterocycles. The van der Waals surface area contributed by atoms with Crippen molar-refractivity contribution in [2.24, 2.45) is 0 Å². The highest BCUT2D eigenvalue weighted by atomic mass is 35.5. The maximum absolute atomic E-state index is 11.7. The fraction of sp³-hybridized carbons (Fsp3) is 0.462. The van der Waals surface area contributed by atoms with Crippen LogP contribution in [0.15, 0.2) is 18.2 Å². The summed E-state index contributed by atoms with van der Waals surface area (Å²) in [6.07, 6.45) is 0.256. The summed E-state index contributed by atoms with van der Waals surface area (Å²) in [7, 11) is 0. The molecule has 2 atom stereocenters. The Balaban J connectivity index is 1.93. The van der Waals surface area contributed by atoms with Crippen LogP contribution in [0.2, 0.25) is 10.0 Å². The molecule has 19 heavy (non-hydrogen) atoms. The van der Waals surface area contributed by atoms with Gasteiger partial charge in [0.15, 0.2) is 0 Å². The summed E-state index contributed by atoms with van der Waals surface area (Å²) in [5.41, 5.74) is 0.429. The van der Waals surface area contributed by atoms with Crippen LogP contribution < -0.4 is 5.32 Å². The van der Waals surface area contributed by atoms with Crippen molar-refractivity contribution in [1.82, 2.24) is 5.32 Å². The first-order valence-electron chi connectivity index (χ1n) is 6.11. The second-order valence-electron chi connectivity index (χ2n) is 4.40. The lowest BCUT2D eigenvalue weighted by Gasteiger charge is -2.16. The van der Waals surface area contributed by atoms with Gasteiger partial charge in [-0.25, -0.2) is 0 Å². The Morgan fingerprint density at radius 3 is 2.74 bits per heavy atom. The van der Waals surface area contributed by atoms with Gasteiger partial charge in [0.1, 0.15) is 6.10 Å². The zero-order chi connectivity index (χ0) is 13.8. The molecule has 6 heteroatoms. The zero-order valence-corrected chi connectivity index (χ0v) is 11.7. The molecule has 1 aromatic carbocycles. The van der Waals surface area contributed by atoms with Crippen LogP contribution in [-0.2, 0) is 9.53 Å². The monoisotopic (exact) mass is 303 g/mol. The summed E-state index contributed by atoms with van der Waals surface area (Å²) in [5.74, 6) is -0.209. The Morgan fingerprint density at radius 1 is 1.47 bits per heavy atom. The number of halogens is 2. The van der Waals surface area contributed by atoms with E-state index in [-0.39, 0.29) is 12.5 Å². The molecule has 0 radical (unpaired) electrons. The zero-order valence-electron chi connectivity index (χ0n) is 10.2. The lowest BCUT2D eigenvalue weighted by molar-refractivity contribution is -0.130. The van der Waals surface area contributed by atoms with Crippen LogP contribution in [0, 0.1) is 0 Å². The molecule has 1 aliphatic rings. The fourth-order valence-corrected chi connectivity index (χ4v) is 2.68. The standard InChI is InChI=1S/C13H15Cl2NO3/c14-8-3-1-4-9(15)12(8)10(17)7-16-13(18)11-5-2-6-19-11/h1,3-4,10-11,17H,2,5-7H2,(H,16,18)/t10-,11-/m1/s1. The minimum absolute atomic E-state index is 0.0577. The third-order valence-electron chi connectivity index (χ3n) is 3.02. The average Bonchev–Trinajstić information content (AvgIpc) is 2.89. The lowest BCUT2D eigenvalue weighted by atomic mass is 10.1. The second kappa shape index (κ2) is 6.57. The van der Waals surface area contributed by atoms with Gasteiger partial charge in [0.2, 0.25) is 5.91 Å². The molecule has 0 unspecified atom stereocenters. The largest absolute Gasteiger partial charge is 0.386 e. The molecular weight excluding hydrogens is 289 g/mol. The minimum Gasteiger partial charge on any atom is -0.386 e. The van der Waals surface area contributed by atoms with Crippen molar-refractivity contribution in [1.29, 1.82) is 0 Å². The summed E-state index contributed by atoms with van der Waals surface area (Å²) in [4.78, 5) is 11.7. The SMILES string of the molecule is O=C(NC[C@@H](O)c1c(Cl)cccc1Cl)[C@H]1CCCO1. The third-order valence-corrected chi connectivity index (χ3v) is 3.68. The predicted molar refractivity (Wildman–Crippen MR) is 73.4 cm³/mol. The first-order chi connectivity index (χ1) is 9.09. The Bertz CT molecular complexity index is 441. The number of hydrogen-bond donors (Lipinski definition) is 2. The van der Waals surface area contributed by atoms with Crippen molar-refractivity contribution in [3.63, 3.8) is 0 Å². The first kappa shape index (κ1) is 14.6. The van der Waals surface area contributed by atoms with Gasteiger partial charge in [0.25, 0.3) is 0 Å². The van der Waals surface area contributed by atoms with Crippen LogP contribution in [0.4, 0.5) is 0 Å². The summed E-state index contributed by atoms with van der Waals surface area (Å²) in [6, 6.07) is 4.99. The average molecular weight is 304 g/mol. The van der Waals surface area contributed by atoms with Crippen molar-refractivity contribution in [2.45, 2.75) is 25.0 Å². The Kier molecular flexibility index (Phi) is 5.05. The van der Waals surface area contributed by atoms with E-state index in [1.54, 1.807) is 18.2 Å². The number of amides is 1. The van der Waals surface area contributed by atoms with Gasteiger partial charge in [0, 0.05) is 28.8 Å². The highest BCUT2D eigenvalue weighted by molar-refractivity contribution is 6.36. The van der Waals surface area contributed by atoms with Crippen molar-refractivity contribution in [3.05, 3.63) is 33.8 Å². The van der Waals surface area contributed by atoms with E-state index < -0.39 is 12.2 Å². The summed E-state index contributed by atoms with van der Waals surface area (Å²) in [6.45, 7) is 0.666. The van der Waals surface area contributed by atoms with E-state index in [1.807, 2.05) is 0 Å². The van der Waals surface area contributed by atoms with E-state index in [0.717, 1.165) is 12.8 Å². The van der Waals surface area contributed by atoms with Crippen LogP contribution in [0.25, 0.3) is 0 Å². The van der Waals surface area contributed by atoms with E-state index >= 15 is 0 Å².